The van der Waals surface area contributed by atoms with Gasteiger partial charge in [0.25, 0.3) is 5.91 Å². The highest BCUT2D eigenvalue weighted by Gasteiger charge is 2.16. The largest absolute Gasteiger partial charge is 0.550 e. The second kappa shape index (κ2) is 10.5. The third-order valence-corrected chi connectivity index (χ3v) is 4.15. The molecule has 0 aliphatic carbocycles. The van der Waals surface area contributed by atoms with Crippen molar-refractivity contribution in [2.45, 2.75) is 19.0 Å². The van der Waals surface area contributed by atoms with E-state index in [0.29, 0.717) is 10.6 Å². The molecule has 8 nitrogen and oxygen atoms in total. The Morgan fingerprint density at radius 3 is 2.50 bits per heavy atom. The highest BCUT2D eigenvalue weighted by molar-refractivity contribution is 7.09. The lowest BCUT2D eigenvalue weighted by atomic mass is 10.0. The minimum atomic E-state index is -1.28. The van der Waals surface area contributed by atoms with Crippen LogP contribution < -0.4 is 21.5 Å². The molecule has 2 rings (SSSR count). The number of carboxylic acid groups (broad SMARTS) is 1. The predicted octanol–water partition coefficient (Wildman–Crippen LogP) is -0.249. The van der Waals surface area contributed by atoms with Gasteiger partial charge in [-0.1, -0.05) is 30.3 Å². The van der Waals surface area contributed by atoms with Crippen molar-refractivity contribution in [3.05, 3.63) is 52.0 Å². The van der Waals surface area contributed by atoms with E-state index in [2.05, 4.69) is 15.6 Å². The van der Waals surface area contributed by atoms with Crippen LogP contribution in [0.25, 0.3) is 0 Å². The van der Waals surface area contributed by atoms with Crippen LogP contribution in [0.5, 0.6) is 0 Å². The first-order valence-corrected chi connectivity index (χ1v) is 8.34. The summed E-state index contributed by atoms with van der Waals surface area (Å²) in [4.78, 5) is 38.9. The average Bonchev–Trinajstić information content (AvgIpc) is 3.09. The second-order valence-electron chi connectivity index (χ2n) is 5.12. The maximum atomic E-state index is 12.0. The van der Waals surface area contributed by atoms with Crippen LogP contribution in [0.2, 0.25) is 0 Å². The monoisotopic (exact) mass is 397 g/mol. The van der Waals surface area contributed by atoms with Gasteiger partial charge in [0, 0.05) is 24.3 Å². The maximum absolute atomic E-state index is 12.0. The first-order chi connectivity index (χ1) is 12.0. The molecule has 1 atom stereocenters. The number of amides is 2. The van der Waals surface area contributed by atoms with Gasteiger partial charge in [0.15, 0.2) is 0 Å². The molecule has 4 N–H and O–H groups in total. The number of nitrogens with zero attached hydrogens (tertiary/aromatic N) is 1. The summed E-state index contributed by atoms with van der Waals surface area (Å²) in [6, 6.07) is 7.93. The Balaban J connectivity index is 0.00000338. The lowest BCUT2D eigenvalue weighted by Gasteiger charge is -2.19. The Labute approximate surface area is 160 Å². The summed E-state index contributed by atoms with van der Waals surface area (Å²) in [7, 11) is 0. The van der Waals surface area contributed by atoms with Crippen LogP contribution in [0.1, 0.15) is 33.5 Å². The molecule has 26 heavy (non-hydrogen) atoms. The van der Waals surface area contributed by atoms with Crippen molar-refractivity contribution in [2.24, 2.45) is 5.73 Å². The average molecular weight is 398 g/mol. The fourth-order valence-corrected chi connectivity index (χ4v) is 2.76. The van der Waals surface area contributed by atoms with Gasteiger partial charge in [0.05, 0.1) is 12.6 Å². The SMILES string of the molecule is Cl.NCc1nc(C(=O)NCC(=O)NC(CC(=O)[O-])c2ccccc2)cs1. The van der Waals surface area contributed by atoms with E-state index in [9.17, 15) is 19.5 Å². The summed E-state index contributed by atoms with van der Waals surface area (Å²) in [5.74, 6) is -2.30. The number of hydrogen-bond acceptors (Lipinski definition) is 7. The molecule has 10 heteroatoms. The topological polar surface area (TPSA) is 137 Å². The normalized spacial score (nSPS) is 11.1. The molecule has 1 aromatic carbocycles. The van der Waals surface area contributed by atoms with E-state index in [4.69, 9.17) is 5.73 Å². The van der Waals surface area contributed by atoms with E-state index in [1.807, 2.05) is 0 Å². The zero-order valence-electron chi connectivity index (χ0n) is 13.6. The van der Waals surface area contributed by atoms with Crippen LogP contribution in [0.3, 0.4) is 0 Å². The third-order valence-electron chi connectivity index (χ3n) is 3.28. The van der Waals surface area contributed by atoms with Crippen LogP contribution in [0.15, 0.2) is 35.7 Å². The summed E-state index contributed by atoms with van der Waals surface area (Å²) in [5.41, 5.74) is 6.26. The lowest BCUT2D eigenvalue weighted by Crippen LogP contribution is -2.40. The quantitative estimate of drug-likeness (QED) is 0.561. The van der Waals surface area contributed by atoms with Gasteiger partial charge in [0.1, 0.15) is 10.7 Å². The number of rotatable bonds is 8. The molecular formula is C16H18ClN4O4S-. The van der Waals surface area contributed by atoms with Crippen molar-refractivity contribution in [3.8, 4) is 0 Å². The van der Waals surface area contributed by atoms with Gasteiger partial charge in [-0.25, -0.2) is 4.98 Å². The van der Waals surface area contributed by atoms with Crippen molar-refractivity contribution in [1.29, 1.82) is 0 Å². The predicted molar refractivity (Wildman–Crippen MR) is 96.5 cm³/mol. The maximum Gasteiger partial charge on any atom is 0.271 e. The molecule has 1 unspecified atom stereocenters. The summed E-state index contributed by atoms with van der Waals surface area (Å²) < 4.78 is 0. The van der Waals surface area contributed by atoms with E-state index < -0.39 is 23.8 Å². The van der Waals surface area contributed by atoms with Gasteiger partial charge in [-0.2, -0.15) is 0 Å². The first-order valence-electron chi connectivity index (χ1n) is 7.46. The number of aliphatic carboxylic acids is 1. The van der Waals surface area contributed by atoms with Gasteiger partial charge in [-0.05, 0) is 5.56 Å². The molecule has 0 radical (unpaired) electrons. The minimum absolute atomic E-state index is 0. The molecule has 140 valence electrons. The number of halogens is 1. The number of carbonyl (C=O) groups excluding carboxylic acids is 3. The van der Waals surface area contributed by atoms with Crippen molar-refractivity contribution in [1.82, 2.24) is 15.6 Å². The van der Waals surface area contributed by atoms with Gasteiger partial charge in [0.2, 0.25) is 5.91 Å². The summed E-state index contributed by atoms with van der Waals surface area (Å²) >= 11 is 1.26. The van der Waals surface area contributed by atoms with Crippen molar-refractivity contribution in [3.63, 3.8) is 0 Å². The van der Waals surface area contributed by atoms with Crippen molar-refractivity contribution >= 4 is 41.5 Å². The molecule has 0 bridgehead atoms. The van der Waals surface area contributed by atoms with E-state index >= 15 is 0 Å². The first kappa shape index (κ1) is 21.6. The van der Waals surface area contributed by atoms with Crippen LogP contribution >= 0.6 is 23.7 Å². The Kier molecular flexibility index (Phi) is 8.70. The molecule has 0 fully saturated rings. The third kappa shape index (κ3) is 6.43. The van der Waals surface area contributed by atoms with Gasteiger partial charge in [-0.15, -0.1) is 23.7 Å². The molecule has 2 aromatic rings. The molecule has 0 aliphatic heterocycles. The minimum Gasteiger partial charge on any atom is -0.550 e. The number of thiazole rings is 1. The summed E-state index contributed by atoms with van der Waals surface area (Å²) in [6.07, 6.45) is -0.365. The Morgan fingerprint density at radius 1 is 1.23 bits per heavy atom. The number of carbonyl (C=O) groups is 3. The molecule has 2 amide bonds. The number of nitrogens with one attached hydrogen (secondary N) is 2. The molecule has 0 spiro atoms. The van der Waals surface area contributed by atoms with Gasteiger partial charge >= 0.3 is 0 Å². The number of benzene rings is 1. The van der Waals surface area contributed by atoms with Gasteiger partial charge in [-0.3, -0.25) is 9.59 Å². The van der Waals surface area contributed by atoms with E-state index in [1.54, 1.807) is 35.7 Å². The molecule has 0 saturated carbocycles. The summed E-state index contributed by atoms with van der Waals surface area (Å²) in [6.45, 7) is -0.0644. The Morgan fingerprint density at radius 2 is 1.92 bits per heavy atom. The van der Waals surface area contributed by atoms with Crippen LogP contribution in [0, 0.1) is 0 Å². The highest BCUT2D eigenvalue weighted by Crippen LogP contribution is 2.15. The second-order valence-corrected chi connectivity index (χ2v) is 6.06. The number of nitrogens with two attached hydrogens (primary N) is 1. The molecular weight excluding hydrogens is 380 g/mol. The smallest absolute Gasteiger partial charge is 0.271 e. The van der Waals surface area contributed by atoms with Crippen LogP contribution in [-0.2, 0) is 16.1 Å². The lowest BCUT2D eigenvalue weighted by molar-refractivity contribution is -0.306. The number of hydrogen-bond donors (Lipinski definition) is 3. The van der Waals surface area contributed by atoms with E-state index in [0.717, 1.165) is 0 Å². The Bertz CT molecular complexity index is 754. The molecule has 1 heterocycles. The Hall–Kier alpha value is -2.49. The molecule has 0 aliphatic rings. The van der Waals surface area contributed by atoms with Crippen LogP contribution in [0.4, 0.5) is 0 Å². The highest BCUT2D eigenvalue weighted by atomic mass is 35.5. The zero-order chi connectivity index (χ0) is 18.2. The van der Waals surface area contributed by atoms with Gasteiger partial charge < -0.3 is 26.3 Å². The number of aromatic nitrogens is 1. The fourth-order valence-electron chi connectivity index (χ4n) is 2.11. The standard InChI is InChI=1S/C16H18N4O4S.ClH/c17-7-14-20-12(9-25-14)16(24)18-8-13(21)19-11(6-15(22)23)10-4-2-1-3-5-10;/h1-5,9,11H,6-8,17H2,(H,18,24)(H,19,21)(H,22,23);1H/p-1. The fraction of sp³-hybridized carbons (Fsp3) is 0.250. The molecule has 0 saturated heterocycles. The van der Waals surface area contributed by atoms with Crippen molar-refractivity contribution in [2.75, 3.05) is 6.54 Å². The van der Waals surface area contributed by atoms with Crippen molar-refractivity contribution < 1.29 is 19.5 Å². The van der Waals surface area contributed by atoms with E-state index in [1.165, 1.54) is 11.3 Å². The molecule has 1 aromatic heterocycles. The van der Waals surface area contributed by atoms with E-state index in [-0.39, 0.29) is 37.6 Å². The summed E-state index contributed by atoms with van der Waals surface area (Å²) in [5, 5.41) is 18.1. The van der Waals surface area contributed by atoms with Crippen LogP contribution in [-0.4, -0.2) is 29.3 Å². The number of carboxylic acids is 1. The zero-order valence-corrected chi connectivity index (χ0v) is 15.3.